The van der Waals surface area contributed by atoms with Crippen LogP contribution in [0.3, 0.4) is 0 Å². The molecule has 0 aliphatic carbocycles. The van der Waals surface area contributed by atoms with Gasteiger partial charge in [0.05, 0.1) is 25.2 Å². The minimum absolute atomic E-state index is 0.127. The minimum atomic E-state index is 0.127. The Morgan fingerprint density at radius 3 is 2.82 bits per heavy atom. The highest BCUT2D eigenvalue weighted by molar-refractivity contribution is 5.76. The molecule has 0 saturated carbocycles. The Labute approximate surface area is 102 Å². The zero-order valence-corrected chi connectivity index (χ0v) is 10.5. The molecule has 98 valence electrons. The van der Waals surface area contributed by atoms with Crippen LogP contribution in [0.2, 0.25) is 0 Å². The molecule has 0 aromatic heterocycles. The van der Waals surface area contributed by atoms with Crippen molar-refractivity contribution in [2.24, 2.45) is 0 Å². The molecule has 2 heterocycles. The van der Waals surface area contributed by atoms with E-state index in [9.17, 15) is 4.79 Å². The first-order chi connectivity index (χ1) is 8.25. The van der Waals surface area contributed by atoms with E-state index in [1.807, 2.05) is 7.05 Å². The quantitative estimate of drug-likeness (QED) is 0.754. The van der Waals surface area contributed by atoms with Gasteiger partial charge in [0.15, 0.2) is 0 Å². The van der Waals surface area contributed by atoms with Gasteiger partial charge in [0.1, 0.15) is 0 Å². The number of amides is 1. The summed E-state index contributed by atoms with van der Waals surface area (Å²) in [5, 5.41) is 3.26. The van der Waals surface area contributed by atoms with Crippen LogP contribution in [-0.2, 0) is 14.3 Å². The van der Waals surface area contributed by atoms with Gasteiger partial charge in [-0.1, -0.05) is 0 Å². The van der Waals surface area contributed by atoms with E-state index in [4.69, 9.17) is 9.47 Å². The normalized spacial score (nSPS) is 29.2. The Hall–Kier alpha value is -0.650. The molecule has 2 aliphatic heterocycles. The molecule has 2 aliphatic rings. The standard InChI is InChI=1S/C12H22N2O3/c1-14(9-11-8-13-4-6-17-11)12(15)7-10-3-2-5-16-10/h10-11,13H,2-9H2,1H3. The number of carbonyl (C=O) groups is 1. The third kappa shape index (κ3) is 3.94. The van der Waals surface area contributed by atoms with E-state index in [0.29, 0.717) is 13.0 Å². The van der Waals surface area contributed by atoms with Gasteiger partial charge in [0.2, 0.25) is 5.91 Å². The zero-order valence-electron chi connectivity index (χ0n) is 10.5. The highest BCUT2D eigenvalue weighted by Gasteiger charge is 2.23. The molecule has 2 fully saturated rings. The Bertz CT molecular complexity index is 248. The van der Waals surface area contributed by atoms with E-state index >= 15 is 0 Å². The maximum absolute atomic E-state index is 11.9. The van der Waals surface area contributed by atoms with Gasteiger partial charge < -0.3 is 19.7 Å². The summed E-state index contributed by atoms with van der Waals surface area (Å²) in [5.41, 5.74) is 0. The van der Waals surface area contributed by atoms with Crippen molar-refractivity contribution in [1.82, 2.24) is 10.2 Å². The van der Waals surface area contributed by atoms with Gasteiger partial charge in [0.25, 0.3) is 0 Å². The number of morpholine rings is 1. The van der Waals surface area contributed by atoms with Gasteiger partial charge in [-0.25, -0.2) is 0 Å². The molecule has 2 atom stereocenters. The van der Waals surface area contributed by atoms with Gasteiger partial charge in [-0.15, -0.1) is 0 Å². The van der Waals surface area contributed by atoms with Crippen molar-refractivity contribution in [3.63, 3.8) is 0 Å². The number of hydrogen-bond acceptors (Lipinski definition) is 4. The molecule has 0 aromatic carbocycles. The van der Waals surface area contributed by atoms with Crippen molar-refractivity contribution >= 4 is 5.91 Å². The van der Waals surface area contributed by atoms with Crippen LogP contribution in [0.5, 0.6) is 0 Å². The first-order valence-corrected chi connectivity index (χ1v) is 6.43. The number of nitrogens with zero attached hydrogens (tertiary/aromatic N) is 1. The molecule has 17 heavy (non-hydrogen) atoms. The number of nitrogens with one attached hydrogen (secondary N) is 1. The Kier molecular flexibility index (Phi) is 4.76. The van der Waals surface area contributed by atoms with Crippen LogP contribution in [0, 0.1) is 0 Å². The van der Waals surface area contributed by atoms with Crippen LogP contribution in [0.1, 0.15) is 19.3 Å². The van der Waals surface area contributed by atoms with Crippen molar-refractivity contribution in [3.8, 4) is 0 Å². The molecule has 0 spiro atoms. The summed E-state index contributed by atoms with van der Waals surface area (Å²) < 4.78 is 11.1. The van der Waals surface area contributed by atoms with E-state index in [1.54, 1.807) is 4.90 Å². The van der Waals surface area contributed by atoms with Crippen LogP contribution >= 0.6 is 0 Å². The average Bonchev–Trinajstić information content (AvgIpc) is 2.83. The van der Waals surface area contributed by atoms with Crippen LogP contribution in [-0.4, -0.2) is 62.9 Å². The Balaban J connectivity index is 1.70. The second-order valence-corrected chi connectivity index (χ2v) is 4.81. The van der Waals surface area contributed by atoms with E-state index < -0.39 is 0 Å². The van der Waals surface area contributed by atoms with Crippen LogP contribution in [0.4, 0.5) is 0 Å². The van der Waals surface area contributed by atoms with Crippen molar-refractivity contribution in [2.45, 2.75) is 31.5 Å². The summed E-state index contributed by atoms with van der Waals surface area (Å²) in [6.45, 7) is 3.94. The molecule has 2 rings (SSSR count). The van der Waals surface area contributed by atoms with Crippen LogP contribution in [0.15, 0.2) is 0 Å². The van der Waals surface area contributed by atoms with Crippen molar-refractivity contribution in [3.05, 3.63) is 0 Å². The number of carbonyl (C=O) groups excluding carboxylic acids is 1. The van der Waals surface area contributed by atoms with Gasteiger partial charge in [-0.2, -0.15) is 0 Å². The largest absolute Gasteiger partial charge is 0.378 e. The maximum Gasteiger partial charge on any atom is 0.225 e. The molecular weight excluding hydrogens is 220 g/mol. The lowest BCUT2D eigenvalue weighted by Gasteiger charge is -2.28. The summed E-state index contributed by atoms with van der Waals surface area (Å²) in [6.07, 6.45) is 2.87. The fourth-order valence-corrected chi connectivity index (χ4v) is 2.30. The molecule has 5 heteroatoms. The maximum atomic E-state index is 11.9. The van der Waals surface area contributed by atoms with Gasteiger partial charge in [-0.05, 0) is 12.8 Å². The SMILES string of the molecule is CN(CC1CNCCO1)C(=O)CC1CCCO1. The van der Waals surface area contributed by atoms with E-state index in [0.717, 1.165) is 39.1 Å². The number of ether oxygens (including phenoxy) is 2. The molecule has 0 aromatic rings. The summed E-state index contributed by atoms with van der Waals surface area (Å²) >= 11 is 0. The third-order valence-electron chi connectivity index (χ3n) is 3.33. The van der Waals surface area contributed by atoms with Crippen molar-refractivity contribution in [1.29, 1.82) is 0 Å². The monoisotopic (exact) mass is 242 g/mol. The lowest BCUT2D eigenvalue weighted by Crippen LogP contribution is -2.46. The fraction of sp³-hybridized carbons (Fsp3) is 0.917. The molecule has 1 amide bonds. The van der Waals surface area contributed by atoms with E-state index in [-0.39, 0.29) is 18.1 Å². The first kappa shape index (κ1) is 12.8. The highest BCUT2D eigenvalue weighted by Crippen LogP contribution is 2.16. The molecule has 0 radical (unpaired) electrons. The molecule has 5 nitrogen and oxygen atoms in total. The first-order valence-electron chi connectivity index (χ1n) is 6.43. The summed E-state index contributed by atoms with van der Waals surface area (Å²) in [7, 11) is 1.84. The second-order valence-electron chi connectivity index (χ2n) is 4.81. The fourth-order valence-electron chi connectivity index (χ4n) is 2.30. The van der Waals surface area contributed by atoms with Crippen LogP contribution < -0.4 is 5.32 Å². The lowest BCUT2D eigenvalue weighted by molar-refractivity contribution is -0.134. The van der Waals surface area contributed by atoms with Gasteiger partial charge >= 0.3 is 0 Å². The highest BCUT2D eigenvalue weighted by atomic mass is 16.5. The van der Waals surface area contributed by atoms with Crippen molar-refractivity contribution < 1.29 is 14.3 Å². The molecule has 1 N–H and O–H groups in total. The predicted octanol–water partition coefficient (Wildman–Crippen LogP) is 0.00230. The third-order valence-corrected chi connectivity index (χ3v) is 3.33. The molecule has 2 unspecified atom stereocenters. The molecule has 2 saturated heterocycles. The Morgan fingerprint density at radius 1 is 1.35 bits per heavy atom. The lowest BCUT2D eigenvalue weighted by atomic mass is 10.1. The summed E-state index contributed by atoms with van der Waals surface area (Å²) in [4.78, 5) is 13.7. The summed E-state index contributed by atoms with van der Waals surface area (Å²) in [5.74, 6) is 0.158. The number of likely N-dealkylation sites (N-methyl/N-ethyl adjacent to an activating group) is 1. The van der Waals surface area contributed by atoms with Gasteiger partial charge in [-0.3, -0.25) is 4.79 Å². The van der Waals surface area contributed by atoms with E-state index in [1.165, 1.54) is 0 Å². The Morgan fingerprint density at radius 2 is 2.18 bits per heavy atom. The average molecular weight is 242 g/mol. The number of hydrogen-bond donors (Lipinski definition) is 1. The van der Waals surface area contributed by atoms with Crippen molar-refractivity contribution in [2.75, 3.05) is 39.9 Å². The minimum Gasteiger partial charge on any atom is -0.378 e. The smallest absolute Gasteiger partial charge is 0.225 e. The van der Waals surface area contributed by atoms with E-state index in [2.05, 4.69) is 5.32 Å². The second kappa shape index (κ2) is 6.33. The van der Waals surface area contributed by atoms with Crippen LogP contribution in [0.25, 0.3) is 0 Å². The topological polar surface area (TPSA) is 50.8 Å². The zero-order chi connectivity index (χ0) is 12.1. The predicted molar refractivity (Wildman–Crippen MR) is 63.8 cm³/mol. The summed E-state index contributed by atoms with van der Waals surface area (Å²) in [6, 6.07) is 0. The molecule has 0 bridgehead atoms. The number of rotatable bonds is 4. The molecular formula is C12H22N2O3. The van der Waals surface area contributed by atoms with Gasteiger partial charge in [0, 0.05) is 33.3 Å².